The van der Waals surface area contributed by atoms with Gasteiger partial charge < -0.3 is 4.74 Å². The van der Waals surface area contributed by atoms with Crippen LogP contribution in [0.4, 0.5) is 5.13 Å². The number of aromatic nitrogens is 1. The van der Waals surface area contributed by atoms with Gasteiger partial charge in [0.05, 0.1) is 28.3 Å². The van der Waals surface area contributed by atoms with E-state index in [4.69, 9.17) is 9.72 Å². The predicted octanol–water partition coefficient (Wildman–Crippen LogP) is 3.70. The number of benzene rings is 2. The monoisotopic (exact) mass is 501 g/mol. The average Bonchev–Trinajstić information content (AvgIpc) is 3.26. The lowest BCUT2D eigenvalue weighted by atomic mass is 10.1. The predicted molar refractivity (Wildman–Crippen MR) is 136 cm³/mol. The number of para-hydroxylation sites is 1. The number of sulfone groups is 1. The van der Waals surface area contributed by atoms with Crippen molar-refractivity contribution >= 4 is 42.4 Å². The number of rotatable bonds is 9. The summed E-state index contributed by atoms with van der Waals surface area (Å²) in [5.74, 6) is -1.02. The Morgan fingerprint density at radius 3 is 2.59 bits per heavy atom. The second-order valence-electron chi connectivity index (χ2n) is 8.54. The minimum atomic E-state index is -3.76. The largest absolute Gasteiger partial charge is 0.379 e. The van der Waals surface area contributed by atoms with E-state index in [1.807, 2.05) is 25.1 Å². The van der Waals surface area contributed by atoms with E-state index < -0.39 is 21.5 Å². The van der Waals surface area contributed by atoms with E-state index in [2.05, 4.69) is 11.8 Å². The fourth-order valence-corrected chi connectivity index (χ4v) is 6.32. The van der Waals surface area contributed by atoms with Gasteiger partial charge in [-0.1, -0.05) is 48.1 Å². The highest BCUT2D eigenvalue weighted by molar-refractivity contribution is 7.92. The summed E-state index contributed by atoms with van der Waals surface area (Å²) >= 11 is 1.44. The molecule has 3 aromatic rings. The Balaban J connectivity index is 1.57. The number of amides is 1. The highest BCUT2D eigenvalue weighted by Gasteiger charge is 2.27. The van der Waals surface area contributed by atoms with Crippen molar-refractivity contribution in [3.63, 3.8) is 0 Å². The third-order valence-corrected chi connectivity index (χ3v) is 8.72. The number of ether oxygens (including phenoxy) is 1. The van der Waals surface area contributed by atoms with Gasteiger partial charge in [0, 0.05) is 26.2 Å². The zero-order chi connectivity index (χ0) is 24.1. The number of carbonyl (C=O) groups is 1. The lowest BCUT2D eigenvalue weighted by Crippen LogP contribution is -2.40. The van der Waals surface area contributed by atoms with Crippen LogP contribution in [0.15, 0.2) is 47.4 Å². The molecule has 9 heteroatoms. The van der Waals surface area contributed by atoms with Gasteiger partial charge in [0.1, 0.15) is 5.75 Å². The smallest absolute Gasteiger partial charge is 0.244 e. The first kappa shape index (κ1) is 24.8. The fraction of sp³-hybridized carbons (Fsp3) is 0.440. The third kappa shape index (κ3) is 5.83. The molecule has 0 radical (unpaired) electrons. The number of hydrogen-bond acceptors (Lipinski definition) is 7. The van der Waals surface area contributed by atoms with Crippen LogP contribution >= 0.6 is 11.3 Å². The topological polar surface area (TPSA) is 79.8 Å². The Labute approximate surface area is 205 Å². The standard InChI is InChI=1S/C25H31N3O4S2/c1-3-20-6-4-7-22-24(20)26-25(33-22)28(13-5-12-27-14-16-32-17-15-27)23(29)18-34(30,31)21-10-8-19(2)9-11-21/h4,6-11H,3,5,12-18H2,1-2H3. The van der Waals surface area contributed by atoms with Crippen LogP contribution in [0.5, 0.6) is 0 Å². The van der Waals surface area contributed by atoms with Crippen LogP contribution < -0.4 is 4.90 Å². The Bertz CT molecular complexity index is 1230. The van der Waals surface area contributed by atoms with Crippen LogP contribution in [0.3, 0.4) is 0 Å². The maximum atomic E-state index is 13.4. The molecule has 4 rings (SSSR count). The molecule has 2 heterocycles. The number of aryl methyl sites for hydroxylation is 2. The summed E-state index contributed by atoms with van der Waals surface area (Å²) < 4.78 is 32.4. The van der Waals surface area contributed by atoms with Gasteiger partial charge in [-0.15, -0.1) is 0 Å². The van der Waals surface area contributed by atoms with Gasteiger partial charge in [-0.2, -0.15) is 0 Å². The van der Waals surface area contributed by atoms with Gasteiger partial charge in [-0.3, -0.25) is 14.6 Å². The van der Waals surface area contributed by atoms with E-state index in [-0.39, 0.29) is 4.90 Å². The van der Waals surface area contributed by atoms with Gasteiger partial charge in [-0.25, -0.2) is 13.4 Å². The molecule has 0 bridgehead atoms. The number of nitrogens with zero attached hydrogens (tertiary/aromatic N) is 3. The number of carbonyl (C=O) groups excluding carboxylic acids is 1. The Morgan fingerprint density at radius 2 is 1.88 bits per heavy atom. The van der Waals surface area contributed by atoms with Gasteiger partial charge in [0.15, 0.2) is 15.0 Å². The van der Waals surface area contributed by atoms with Crippen molar-refractivity contribution in [2.75, 3.05) is 50.0 Å². The van der Waals surface area contributed by atoms with E-state index in [1.165, 1.54) is 11.3 Å². The molecular weight excluding hydrogens is 470 g/mol. The second-order valence-corrected chi connectivity index (χ2v) is 11.5. The molecule has 1 amide bonds. The van der Waals surface area contributed by atoms with Crippen molar-refractivity contribution in [3.8, 4) is 0 Å². The molecule has 0 atom stereocenters. The molecule has 0 unspecified atom stereocenters. The van der Waals surface area contributed by atoms with Crippen molar-refractivity contribution < 1.29 is 17.9 Å². The first-order valence-corrected chi connectivity index (χ1v) is 14.1. The quantitative estimate of drug-likeness (QED) is 0.445. The van der Waals surface area contributed by atoms with Crippen LogP contribution in [-0.4, -0.2) is 69.4 Å². The first-order valence-electron chi connectivity index (χ1n) is 11.7. The molecule has 0 aliphatic carbocycles. The average molecular weight is 502 g/mol. The zero-order valence-electron chi connectivity index (χ0n) is 19.7. The molecule has 2 aromatic carbocycles. The number of hydrogen-bond donors (Lipinski definition) is 0. The maximum absolute atomic E-state index is 13.4. The molecular formula is C25H31N3O4S2. The van der Waals surface area contributed by atoms with Crippen LogP contribution in [0.2, 0.25) is 0 Å². The van der Waals surface area contributed by atoms with Crippen LogP contribution in [-0.2, 0) is 25.8 Å². The molecule has 1 aliphatic heterocycles. The minimum Gasteiger partial charge on any atom is -0.379 e. The van der Waals surface area contributed by atoms with Crippen molar-refractivity contribution in [3.05, 3.63) is 53.6 Å². The van der Waals surface area contributed by atoms with E-state index >= 15 is 0 Å². The Morgan fingerprint density at radius 1 is 1.15 bits per heavy atom. The summed E-state index contributed by atoms with van der Waals surface area (Å²) in [5, 5.41) is 0.557. The molecule has 1 aromatic heterocycles. The molecule has 0 saturated carbocycles. The lowest BCUT2D eigenvalue weighted by molar-refractivity contribution is -0.116. The molecule has 34 heavy (non-hydrogen) atoms. The van der Waals surface area contributed by atoms with Crippen molar-refractivity contribution in [2.24, 2.45) is 0 Å². The summed E-state index contributed by atoms with van der Waals surface area (Å²) in [4.78, 5) is 22.2. The van der Waals surface area contributed by atoms with Gasteiger partial charge in [-0.05, 0) is 43.5 Å². The molecule has 7 nitrogen and oxygen atoms in total. The summed E-state index contributed by atoms with van der Waals surface area (Å²) in [6.45, 7) is 8.39. The molecule has 182 valence electrons. The van der Waals surface area contributed by atoms with Gasteiger partial charge >= 0.3 is 0 Å². The highest BCUT2D eigenvalue weighted by Crippen LogP contribution is 2.31. The molecule has 0 N–H and O–H groups in total. The van der Waals surface area contributed by atoms with E-state index in [0.717, 1.165) is 67.0 Å². The fourth-order valence-electron chi connectivity index (χ4n) is 4.07. The van der Waals surface area contributed by atoms with Crippen LogP contribution in [0.25, 0.3) is 10.2 Å². The normalized spacial score (nSPS) is 15.0. The number of thiazole rings is 1. The van der Waals surface area contributed by atoms with Crippen molar-refractivity contribution in [1.82, 2.24) is 9.88 Å². The third-order valence-electron chi connectivity index (χ3n) is 6.06. The van der Waals surface area contributed by atoms with E-state index in [0.29, 0.717) is 11.7 Å². The molecule has 1 aliphatic rings. The van der Waals surface area contributed by atoms with Crippen molar-refractivity contribution in [1.29, 1.82) is 0 Å². The number of fused-ring (bicyclic) bond motifs is 1. The number of anilines is 1. The zero-order valence-corrected chi connectivity index (χ0v) is 21.3. The second kappa shape index (κ2) is 10.9. The summed E-state index contributed by atoms with van der Waals surface area (Å²) in [6.07, 6.45) is 1.57. The van der Waals surface area contributed by atoms with E-state index in [9.17, 15) is 13.2 Å². The van der Waals surface area contributed by atoms with Crippen LogP contribution in [0.1, 0.15) is 24.5 Å². The Kier molecular flexibility index (Phi) is 7.98. The molecule has 1 saturated heterocycles. The SMILES string of the molecule is CCc1cccc2sc(N(CCCN3CCOCC3)C(=O)CS(=O)(=O)c3ccc(C)cc3)nc12. The lowest BCUT2D eigenvalue weighted by Gasteiger charge is -2.27. The molecule has 1 fully saturated rings. The minimum absolute atomic E-state index is 0.164. The number of morpholine rings is 1. The van der Waals surface area contributed by atoms with Gasteiger partial charge in [0.2, 0.25) is 5.91 Å². The van der Waals surface area contributed by atoms with Crippen molar-refractivity contribution in [2.45, 2.75) is 31.6 Å². The van der Waals surface area contributed by atoms with Gasteiger partial charge in [0.25, 0.3) is 0 Å². The highest BCUT2D eigenvalue weighted by atomic mass is 32.2. The van der Waals surface area contributed by atoms with Crippen LogP contribution in [0, 0.1) is 6.92 Å². The molecule has 0 spiro atoms. The van der Waals surface area contributed by atoms with E-state index in [1.54, 1.807) is 29.2 Å². The maximum Gasteiger partial charge on any atom is 0.244 e. The summed E-state index contributed by atoms with van der Waals surface area (Å²) in [6, 6.07) is 12.6. The summed E-state index contributed by atoms with van der Waals surface area (Å²) in [7, 11) is -3.76. The first-order chi connectivity index (χ1) is 16.4. The summed E-state index contributed by atoms with van der Waals surface area (Å²) in [5.41, 5.74) is 2.97. The Hall–Kier alpha value is -2.33.